The number of aromatic nitrogens is 5. The van der Waals surface area contributed by atoms with Crippen molar-refractivity contribution < 1.29 is 8.42 Å². The van der Waals surface area contributed by atoms with E-state index in [1.165, 1.54) is 22.1 Å². The largest absolute Gasteiger partial charge is 0.281 e. The Balaban J connectivity index is 1.54. The second-order valence-corrected chi connectivity index (χ2v) is 9.94. The first-order valence-corrected chi connectivity index (χ1v) is 12.2. The summed E-state index contributed by atoms with van der Waals surface area (Å²) in [6, 6.07) is 12.9. The molecule has 0 saturated heterocycles. The number of hydrogen-bond donors (Lipinski definition) is 2. The molecule has 0 aliphatic heterocycles. The van der Waals surface area contributed by atoms with Gasteiger partial charge < -0.3 is 0 Å². The number of rotatable bonds is 7. The summed E-state index contributed by atoms with van der Waals surface area (Å²) in [6.07, 6.45) is 0. The number of benzene rings is 1. The van der Waals surface area contributed by atoms with Crippen LogP contribution in [0.5, 0.6) is 0 Å². The molecule has 2 N–H and O–H groups in total. The molecule has 32 heavy (non-hydrogen) atoms. The molecule has 0 aliphatic carbocycles. The summed E-state index contributed by atoms with van der Waals surface area (Å²) in [5.74, 6) is 0. The van der Waals surface area contributed by atoms with Crippen LogP contribution in [0, 0.1) is 20.8 Å². The first-order chi connectivity index (χ1) is 15.3. The summed E-state index contributed by atoms with van der Waals surface area (Å²) in [5, 5.41) is 11.9. The van der Waals surface area contributed by atoms with E-state index in [0.29, 0.717) is 17.1 Å². The molecule has 3 heterocycles. The van der Waals surface area contributed by atoms with Gasteiger partial charge in [0, 0.05) is 18.2 Å². The van der Waals surface area contributed by atoms with Gasteiger partial charge in [-0.05, 0) is 26.8 Å². The molecule has 0 spiro atoms. The lowest BCUT2D eigenvalue weighted by Gasteiger charge is -2.09. The average molecular weight is 471 g/mol. The van der Waals surface area contributed by atoms with Crippen molar-refractivity contribution in [3.05, 3.63) is 69.9 Å². The highest BCUT2D eigenvalue weighted by Gasteiger charge is 2.22. The number of sulfonamides is 1. The van der Waals surface area contributed by atoms with Gasteiger partial charge >= 0.3 is 0 Å². The molecule has 9 nitrogen and oxygen atoms in total. The molecule has 11 heteroatoms. The van der Waals surface area contributed by atoms with Crippen molar-refractivity contribution >= 4 is 21.4 Å². The van der Waals surface area contributed by atoms with Gasteiger partial charge in [-0.2, -0.15) is 10.2 Å². The Hall–Kier alpha value is -3.15. The van der Waals surface area contributed by atoms with Crippen molar-refractivity contribution in [2.24, 2.45) is 0 Å². The van der Waals surface area contributed by atoms with Crippen LogP contribution in [0.25, 0.3) is 21.1 Å². The van der Waals surface area contributed by atoms with Crippen LogP contribution in [0.1, 0.15) is 17.1 Å². The molecule has 0 unspecified atom stereocenters. The lowest BCUT2D eigenvalue weighted by atomic mass is 10.2. The second kappa shape index (κ2) is 8.77. The van der Waals surface area contributed by atoms with E-state index in [9.17, 15) is 13.2 Å². The lowest BCUT2D eigenvalue weighted by molar-refractivity contribution is 0.548. The van der Waals surface area contributed by atoms with Crippen LogP contribution in [0.4, 0.5) is 0 Å². The molecule has 1 aromatic carbocycles. The van der Waals surface area contributed by atoms with Crippen LogP contribution in [-0.4, -0.2) is 39.9 Å². The second-order valence-electron chi connectivity index (χ2n) is 7.24. The number of thiazole rings is 1. The highest BCUT2D eigenvalue weighted by atomic mass is 32.2. The SMILES string of the molecule is Cc1nc(-c2ccccc2)sc1-c1ccc(=O)n(CCNS(=O)(=O)c2c(C)n[nH]c2C)n1. The van der Waals surface area contributed by atoms with Crippen molar-refractivity contribution in [3.63, 3.8) is 0 Å². The topological polar surface area (TPSA) is 123 Å². The Labute approximate surface area is 189 Å². The highest BCUT2D eigenvalue weighted by Crippen LogP contribution is 2.33. The molecule has 4 rings (SSSR count). The normalized spacial score (nSPS) is 11.7. The molecule has 0 aliphatic rings. The number of H-pyrrole nitrogens is 1. The molecule has 3 aromatic heterocycles. The Kier molecular flexibility index (Phi) is 6.04. The molecule has 0 amide bonds. The van der Waals surface area contributed by atoms with Crippen molar-refractivity contribution in [1.29, 1.82) is 0 Å². The number of aromatic amines is 1. The van der Waals surface area contributed by atoms with Gasteiger partial charge in [0.2, 0.25) is 10.0 Å². The third-order valence-electron chi connectivity index (χ3n) is 4.86. The van der Waals surface area contributed by atoms with E-state index in [2.05, 4.69) is 25.0 Å². The average Bonchev–Trinajstić information content (AvgIpc) is 3.32. The Bertz CT molecular complexity index is 1400. The van der Waals surface area contributed by atoms with Gasteiger partial charge in [-0.25, -0.2) is 22.8 Å². The minimum Gasteiger partial charge on any atom is -0.281 e. The number of nitrogens with zero attached hydrogens (tertiary/aromatic N) is 4. The third-order valence-corrected chi connectivity index (χ3v) is 7.81. The molecule has 166 valence electrons. The maximum absolute atomic E-state index is 12.6. The van der Waals surface area contributed by atoms with Gasteiger partial charge in [0.15, 0.2) is 0 Å². The summed E-state index contributed by atoms with van der Waals surface area (Å²) in [6.45, 7) is 5.27. The Morgan fingerprint density at radius 1 is 1.06 bits per heavy atom. The van der Waals surface area contributed by atoms with E-state index in [-0.39, 0.29) is 23.5 Å². The summed E-state index contributed by atoms with van der Waals surface area (Å²) in [5.41, 5.74) is 2.99. The summed E-state index contributed by atoms with van der Waals surface area (Å²) >= 11 is 1.50. The van der Waals surface area contributed by atoms with Gasteiger partial charge in [-0.1, -0.05) is 30.3 Å². The van der Waals surface area contributed by atoms with Crippen molar-refractivity contribution in [1.82, 2.24) is 29.7 Å². The first-order valence-electron chi connectivity index (χ1n) is 9.89. The minimum absolute atomic E-state index is 0.0136. The highest BCUT2D eigenvalue weighted by molar-refractivity contribution is 7.89. The van der Waals surface area contributed by atoms with E-state index in [1.807, 2.05) is 37.3 Å². The standard InChI is InChI=1S/C21H22N6O3S2/c1-13-19(31-21(23-13)16-7-5-4-6-8-16)17-9-10-18(28)27(26-17)12-11-22-32(29,30)20-14(2)24-25-15(20)3/h4-10,22H,11-12H2,1-3H3,(H,24,25). The molecule has 0 atom stereocenters. The predicted octanol–water partition coefficient (Wildman–Crippen LogP) is 2.66. The molecule has 0 radical (unpaired) electrons. The molecular weight excluding hydrogens is 448 g/mol. The smallest absolute Gasteiger partial charge is 0.266 e. The van der Waals surface area contributed by atoms with Gasteiger partial charge in [0.1, 0.15) is 15.6 Å². The van der Waals surface area contributed by atoms with Crippen molar-refractivity contribution in [3.8, 4) is 21.1 Å². The van der Waals surface area contributed by atoms with Crippen LogP contribution in [0.3, 0.4) is 0 Å². The van der Waals surface area contributed by atoms with Crippen molar-refractivity contribution in [2.75, 3.05) is 6.54 Å². The monoisotopic (exact) mass is 470 g/mol. The van der Waals surface area contributed by atoms with Crippen LogP contribution in [0.15, 0.2) is 52.2 Å². The Morgan fingerprint density at radius 2 is 1.81 bits per heavy atom. The van der Waals surface area contributed by atoms with Crippen LogP contribution in [0.2, 0.25) is 0 Å². The summed E-state index contributed by atoms with van der Waals surface area (Å²) < 4.78 is 29.0. The zero-order valence-electron chi connectivity index (χ0n) is 17.8. The van der Waals surface area contributed by atoms with E-state index >= 15 is 0 Å². The summed E-state index contributed by atoms with van der Waals surface area (Å²) in [4.78, 5) is 17.9. The minimum atomic E-state index is -3.75. The Morgan fingerprint density at radius 3 is 2.50 bits per heavy atom. The molecule has 0 fully saturated rings. The number of hydrogen-bond acceptors (Lipinski definition) is 7. The fourth-order valence-corrected chi connectivity index (χ4v) is 5.79. The van der Waals surface area contributed by atoms with Crippen LogP contribution < -0.4 is 10.3 Å². The van der Waals surface area contributed by atoms with E-state index in [4.69, 9.17) is 0 Å². The number of nitrogens with one attached hydrogen (secondary N) is 2. The fourth-order valence-electron chi connectivity index (χ4n) is 3.36. The van der Waals surface area contributed by atoms with E-state index in [0.717, 1.165) is 21.1 Å². The molecular formula is C21H22N6O3S2. The molecule has 4 aromatic rings. The van der Waals surface area contributed by atoms with E-state index < -0.39 is 10.0 Å². The van der Waals surface area contributed by atoms with E-state index in [1.54, 1.807) is 19.9 Å². The van der Waals surface area contributed by atoms with Crippen LogP contribution in [-0.2, 0) is 16.6 Å². The third kappa shape index (κ3) is 4.40. The van der Waals surface area contributed by atoms with Crippen LogP contribution >= 0.6 is 11.3 Å². The van der Waals surface area contributed by atoms with Gasteiger partial charge in [0.05, 0.1) is 28.5 Å². The van der Waals surface area contributed by atoms with Gasteiger partial charge in [0.25, 0.3) is 5.56 Å². The van der Waals surface area contributed by atoms with Gasteiger partial charge in [-0.3, -0.25) is 9.89 Å². The molecule has 0 bridgehead atoms. The maximum atomic E-state index is 12.6. The van der Waals surface area contributed by atoms with Gasteiger partial charge in [-0.15, -0.1) is 11.3 Å². The summed E-state index contributed by atoms with van der Waals surface area (Å²) in [7, 11) is -3.75. The molecule has 0 saturated carbocycles. The lowest BCUT2D eigenvalue weighted by Crippen LogP contribution is -2.32. The zero-order valence-corrected chi connectivity index (χ0v) is 19.4. The number of aryl methyl sites for hydroxylation is 3. The predicted molar refractivity (Wildman–Crippen MR) is 123 cm³/mol. The maximum Gasteiger partial charge on any atom is 0.266 e. The fraction of sp³-hybridized carbons (Fsp3) is 0.238. The quantitative estimate of drug-likeness (QED) is 0.428. The first kappa shape index (κ1) is 22.1. The van der Waals surface area contributed by atoms with Crippen molar-refractivity contribution in [2.45, 2.75) is 32.2 Å². The zero-order chi connectivity index (χ0) is 22.9.